The quantitative estimate of drug-likeness (QED) is 0.140. The van der Waals surface area contributed by atoms with Gasteiger partial charge < -0.3 is 4.42 Å². The number of carbonyl (C=O) groups is 1. The number of thioether (sulfide) groups is 1. The van der Waals surface area contributed by atoms with Crippen molar-refractivity contribution in [1.29, 1.82) is 0 Å². The maximum absolute atomic E-state index is 12.7. The Kier molecular flexibility index (Phi) is 10.8. The molecule has 0 spiro atoms. The van der Waals surface area contributed by atoms with E-state index in [1.165, 1.54) is 30.6 Å². The molecular weight excluding hydrogens is 388 g/mol. The lowest BCUT2D eigenvalue weighted by Crippen LogP contribution is -1.99. The smallest absolute Gasteiger partial charge is 0.228 e. The van der Waals surface area contributed by atoms with Gasteiger partial charge in [-0.05, 0) is 36.8 Å². The van der Waals surface area contributed by atoms with Crippen LogP contribution in [0.3, 0.4) is 0 Å². The van der Waals surface area contributed by atoms with Crippen molar-refractivity contribution >= 4 is 28.5 Å². The predicted molar refractivity (Wildman–Crippen MR) is 132 cm³/mol. The molecule has 158 valence electrons. The first-order valence-electron chi connectivity index (χ1n) is 10.8. The Labute approximate surface area is 185 Å². The van der Waals surface area contributed by atoms with Gasteiger partial charge in [0.1, 0.15) is 5.58 Å². The maximum Gasteiger partial charge on any atom is 0.228 e. The lowest BCUT2D eigenvalue weighted by Gasteiger charge is -1.98. The zero-order valence-electron chi connectivity index (χ0n) is 18.1. The van der Waals surface area contributed by atoms with Crippen LogP contribution in [0.15, 0.2) is 93.7 Å². The fourth-order valence-electron chi connectivity index (χ4n) is 2.98. The van der Waals surface area contributed by atoms with Crippen molar-refractivity contribution in [2.75, 3.05) is 0 Å². The molecular formula is C27H32O2S. The van der Waals surface area contributed by atoms with Crippen molar-refractivity contribution < 1.29 is 9.21 Å². The van der Waals surface area contributed by atoms with Crippen molar-refractivity contribution in [2.45, 2.75) is 52.4 Å². The van der Waals surface area contributed by atoms with Crippen molar-refractivity contribution in [3.63, 3.8) is 0 Å². The number of hydrogen-bond acceptors (Lipinski definition) is 3. The lowest BCUT2D eigenvalue weighted by atomic mass is 10.1. The van der Waals surface area contributed by atoms with Gasteiger partial charge in [-0.3, -0.25) is 4.79 Å². The summed E-state index contributed by atoms with van der Waals surface area (Å²) in [6.07, 6.45) is 19.2. The van der Waals surface area contributed by atoms with Gasteiger partial charge >= 0.3 is 0 Å². The summed E-state index contributed by atoms with van der Waals surface area (Å²) in [7, 11) is 0. The van der Waals surface area contributed by atoms with Crippen LogP contribution < -0.4 is 0 Å². The molecule has 0 N–H and O–H groups in total. The summed E-state index contributed by atoms with van der Waals surface area (Å²) in [4.78, 5) is 14.0. The van der Waals surface area contributed by atoms with E-state index in [1.807, 2.05) is 35.7 Å². The largest absolute Gasteiger partial charge is 0.453 e. The SMILES string of the molecule is C=C/C(=C\C=C\SC(/C=C\CCCCCC)=C/CC)C(=O)c1cc2ccccc2o1. The molecule has 2 rings (SSSR count). The van der Waals surface area contributed by atoms with Crippen LogP contribution in [-0.4, -0.2) is 5.78 Å². The van der Waals surface area contributed by atoms with Crippen LogP contribution >= 0.6 is 11.8 Å². The molecule has 3 heteroatoms. The molecule has 0 saturated heterocycles. The Morgan fingerprint density at radius 2 is 2.00 bits per heavy atom. The predicted octanol–water partition coefficient (Wildman–Crippen LogP) is 8.80. The minimum Gasteiger partial charge on any atom is -0.453 e. The third kappa shape index (κ3) is 7.72. The molecule has 1 aromatic heterocycles. The summed E-state index contributed by atoms with van der Waals surface area (Å²) < 4.78 is 5.68. The number of furan rings is 1. The molecule has 30 heavy (non-hydrogen) atoms. The molecule has 2 aromatic rings. The molecule has 2 nitrogen and oxygen atoms in total. The highest BCUT2D eigenvalue weighted by atomic mass is 32.2. The molecule has 0 aliphatic rings. The van der Waals surface area contributed by atoms with E-state index in [1.54, 1.807) is 30.0 Å². The Bertz CT molecular complexity index is 908. The van der Waals surface area contributed by atoms with Crippen LogP contribution in [0.25, 0.3) is 11.0 Å². The van der Waals surface area contributed by atoms with Gasteiger partial charge in [-0.1, -0.05) is 106 Å². The second-order valence-electron chi connectivity index (χ2n) is 7.02. The molecule has 0 aliphatic heterocycles. The van der Waals surface area contributed by atoms with Gasteiger partial charge in [0, 0.05) is 15.9 Å². The van der Waals surface area contributed by atoms with Crippen LogP contribution in [0.5, 0.6) is 0 Å². The number of ketones is 1. The second-order valence-corrected chi connectivity index (χ2v) is 8.00. The molecule has 0 atom stereocenters. The van der Waals surface area contributed by atoms with Gasteiger partial charge in [-0.2, -0.15) is 0 Å². The molecule has 0 radical (unpaired) electrons. The van der Waals surface area contributed by atoms with Crippen molar-refractivity contribution in [1.82, 2.24) is 0 Å². The number of rotatable bonds is 13. The molecule has 1 aromatic carbocycles. The number of unbranched alkanes of at least 4 members (excludes halogenated alkanes) is 4. The number of Topliss-reactive ketones (excluding diaryl/α,β-unsaturated/α-hetero) is 1. The van der Waals surface area contributed by atoms with Gasteiger partial charge in [0.25, 0.3) is 0 Å². The Hall–Kier alpha value is -2.52. The van der Waals surface area contributed by atoms with E-state index < -0.39 is 0 Å². The number of para-hydroxylation sites is 1. The van der Waals surface area contributed by atoms with Crippen LogP contribution in [0.2, 0.25) is 0 Å². The summed E-state index contributed by atoms with van der Waals surface area (Å²) >= 11 is 1.66. The van der Waals surface area contributed by atoms with Gasteiger partial charge in [-0.15, -0.1) is 0 Å². The first-order valence-corrected chi connectivity index (χ1v) is 11.6. The zero-order chi connectivity index (χ0) is 21.6. The van der Waals surface area contributed by atoms with Crippen molar-refractivity contribution in [3.05, 3.63) is 95.0 Å². The summed E-state index contributed by atoms with van der Waals surface area (Å²) in [5, 5.41) is 2.92. The first-order chi connectivity index (χ1) is 14.7. The fourth-order valence-corrected chi connectivity index (χ4v) is 3.73. The summed E-state index contributed by atoms with van der Waals surface area (Å²) in [5.74, 6) is 0.174. The monoisotopic (exact) mass is 420 g/mol. The third-order valence-corrected chi connectivity index (χ3v) is 5.47. The van der Waals surface area contributed by atoms with Crippen LogP contribution in [0.4, 0.5) is 0 Å². The molecule has 0 aliphatic carbocycles. The number of fused-ring (bicyclic) bond motifs is 1. The number of allylic oxidation sites excluding steroid dienone is 7. The Morgan fingerprint density at radius 3 is 2.73 bits per heavy atom. The fraction of sp³-hybridized carbons (Fsp3) is 0.296. The minimum absolute atomic E-state index is 0.160. The third-order valence-electron chi connectivity index (χ3n) is 4.60. The molecule has 0 amide bonds. The van der Waals surface area contributed by atoms with E-state index >= 15 is 0 Å². The van der Waals surface area contributed by atoms with E-state index in [0.29, 0.717) is 16.9 Å². The minimum atomic E-state index is -0.160. The van der Waals surface area contributed by atoms with E-state index in [9.17, 15) is 4.79 Å². The molecule has 1 heterocycles. The average Bonchev–Trinajstić information content (AvgIpc) is 3.20. The highest BCUT2D eigenvalue weighted by molar-refractivity contribution is 8.06. The van der Waals surface area contributed by atoms with Crippen LogP contribution in [0.1, 0.15) is 62.9 Å². The number of carbonyl (C=O) groups excluding carboxylic acids is 1. The van der Waals surface area contributed by atoms with E-state index in [-0.39, 0.29) is 5.78 Å². The summed E-state index contributed by atoms with van der Waals surface area (Å²) in [6.45, 7) is 8.16. The van der Waals surface area contributed by atoms with Crippen LogP contribution in [0, 0.1) is 0 Å². The maximum atomic E-state index is 12.7. The first kappa shape index (κ1) is 23.8. The summed E-state index contributed by atoms with van der Waals surface area (Å²) in [5.41, 5.74) is 1.23. The zero-order valence-corrected chi connectivity index (χ0v) is 18.9. The lowest BCUT2D eigenvalue weighted by molar-refractivity contribution is 0.101. The highest BCUT2D eigenvalue weighted by Gasteiger charge is 2.14. The second kappa shape index (κ2) is 13.7. The van der Waals surface area contributed by atoms with Gasteiger partial charge in [0.05, 0.1) is 0 Å². The highest BCUT2D eigenvalue weighted by Crippen LogP contribution is 2.23. The summed E-state index contributed by atoms with van der Waals surface area (Å²) in [6, 6.07) is 9.39. The number of benzene rings is 1. The van der Waals surface area contributed by atoms with E-state index in [0.717, 1.165) is 18.2 Å². The standard InChI is InChI=1S/C27H32O2S/c1-4-7-8-9-10-11-18-24(15-5-2)30-20-14-17-22(6-3)27(28)26-21-23-16-12-13-19-25(23)29-26/h6,11-21H,3-5,7-10H2,1-2H3/b18-11-,20-14+,22-17+,24-15+. The Morgan fingerprint density at radius 1 is 1.17 bits per heavy atom. The van der Waals surface area contributed by atoms with Crippen molar-refractivity contribution in [3.8, 4) is 0 Å². The van der Waals surface area contributed by atoms with Gasteiger partial charge in [-0.25, -0.2) is 0 Å². The molecule has 0 unspecified atom stereocenters. The Balaban J connectivity index is 1.96. The van der Waals surface area contributed by atoms with Gasteiger partial charge in [0.2, 0.25) is 5.78 Å². The topological polar surface area (TPSA) is 30.2 Å². The van der Waals surface area contributed by atoms with E-state index in [4.69, 9.17) is 4.42 Å². The van der Waals surface area contributed by atoms with Crippen LogP contribution in [-0.2, 0) is 0 Å². The molecule has 0 bridgehead atoms. The van der Waals surface area contributed by atoms with Gasteiger partial charge in [0.15, 0.2) is 5.76 Å². The van der Waals surface area contributed by atoms with Crippen molar-refractivity contribution in [2.24, 2.45) is 0 Å². The number of hydrogen-bond donors (Lipinski definition) is 0. The molecule has 0 fully saturated rings. The average molecular weight is 421 g/mol. The normalized spacial score (nSPS) is 13.0. The van der Waals surface area contributed by atoms with E-state index in [2.05, 4.69) is 38.7 Å². The molecule has 0 saturated carbocycles.